The fourth-order valence-corrected chi connectivity index (χ4v) is 6.11. The monoisotopic (exact) mass is 558 g/mol. The minimum Gasteiger partial charge on any atom is -0.348 e. The Kier molecular flexibility index (Phi) is 9.53. The van der Waals surface area contributed by atoms with E-state index in [1.807, 2.05) is 12.1 Å². The molecule has 2 amide bonds. The van der Waals surface area contributed by atoms with Crippen LogP contribution < -0.4 is 16.4 Å². The number of amides is 2. The number of anilines is 1. The maximum absolute atomic E-state index is 13.2. The Labute approximate surface area is 242 Å². The second-order valence-electron chi connectivity index (χ2n) is 11.3. The summed E-state index contributed by atoms with van der Waals surface area (Å²) in [5.74, 6) is 0.268. The SMILES string of the molecule is NC1CCCCC1NC(=O)c1ccc(CN2CCC(Cc3ccccc3)CC2)c(NC(=O)c2cccc(Cl)c2)c1. The van der Waals surface area contributed by atoms with Gasteiger partial charge in [0.25, 0.3) is 11.8 Å². The van der Waals surface area contributed by atoms with Crippen molar-refractivity contribution in [1.82, 2.24) is 10.2 Å². The standard InChI is InChI=1S/C33H39ClN4O2/c34-28-10-6-9-25(20-28)32(39)37-31-21-26(33(40)36-30-12-5-4-11-29(30)35)13-14-27(31)22-38-17-15-24(16-18-38)19-23-7-2-1-3-8-23/h1-3,6-10,13-14,20-21,24,29-30H,4-5,11-12,15-19,22,35H2,(H,36,40)(H,37,39). The van der Waals surface area contributed by atoms with Crippen LogP contribution in [0.5, 0.6) is 0 Å². The number of carbonyl (C=O) groups excluding carboxylic acids is 2. The van der Waals surface area contributed by atoms with E-state index >= 15 is 0 Å². The summed E-state index contributed by atoms with van der Waals surface area (Å²) in [7, 11) is 0. The van der Waals surface area contributed by atoms with E-state index in [4.69, 9.17) is 17.3 Å². The molecular formula is C33H39ClN4O2. The summed E-state index contributed by atoms with van der Waals surface area (Å²) < 4.78 is 0. The Morgan fingerprint density at radius 1 is 0.850 bits per heavy atom. The first-order chi connectivity index (χ1) is 19.4. The van der Waals surface area contributed by atoms with Crippen molar-refractivity contribution in [3.05, 3.63) is 100 Å². The Morgan fingerprint density at radius 3 is 2.35 bits per heavy atom. The van der Waals surface area contributed by atoms with Gasteiger partial charge in [0.15, 0.2) is 0 Å². The Balaban J connectivity index is 1.29. The summed E-state index contributed by atoms with van der Waals surface area (Å²) in [5.41, 5.74) is 10.3. The largest absolute Gasteiger partial charge is 0.348 e. The van der Waals surface area contributed by atoms with Crippen molar-refractivity contribution in [2.24, 2.45) is 11.7 Å². The highest BCUT2D eigenvalue weighted by Gasteiger charge is 2.25. The minimum atomic E-state index is -0.253. The van der Waals surface area contributed by atoms with E-state index in [0.717, 1.165) is 63.6 Å². The van der Waals surface area contributed by atoms with E-state index in [0.29, 0.717) is 34.3 Å². The zero-order valence-corrected chi connectivity index (χ0v) is 23.7. The third-order valence-corrected chi connectivity index (χ3v) is 8.55. The molecule has 1 aliphatic carbocycles. The molecule has 2 unspecified atom stereocenters. The summed E-state index contributed by atoms with van der Waals surface area (Å²) in [6, 6.07) is 23.2. The van der Waals surface area contributed by atoms with Crippen LogP contribution in [0.25, 0.3) is 0 Å². The molecule has 1 saturated carbocycles. The third-order valence-electron chi connectivity index (χ3n) is 8.31. The van der Waals surface area contributed by atoms with Crippen LogP contribution >= 0.6 is 11.6 Å². The van der Waals surface area contributed by atoms with E-state index < -0.39 is 0 Å². The van der Waals surface area contributed by atoms with E-state index in [1.165, 1.54) is 5.56 Å². The molecule has 0 spiro atoms. The second kappa shape index (κ2) is 13.4. The van der Waals surface area contributed by atoms with Gasteiger partial charge in [-0.05, 0) is 92.6 Å². The number of likely N-dealkylation sites (tertiary alicyclic amines) is 1. The highest BCUT2D eigenvalue weighted by molar-refractivity contribution is 6.31. The molecule has 1 heterocycles. The van der Waals surface area contributed by atoms with Gasteiger partial charge in [0, 0.05) is 40.5 Å². The van der Waals surface area contributed by atoms with Gasteiger partial charge < -0.3 is 16.4 Å². The first-order valence-corrected chi connectivity index (χ1v) is 14.8. The van der Waals surface area contributed by atoms with Gasteiger partial charge in [0.1, 0.15) is 0 Å². The van der Waals surface area contributed by atoms with Crippen LogP contribution in [0.15, 0.2) is 72.8 Å². The van der Waals surface area contributed by atoms with E-state index in [2.05, 4.69) is 45.9 Å². The average Bonchev–Trinajstić information content (AvgIpc) is 2.96. The normalized spacial score (nSPS) is 20.1. The maximum Gasteiger partial charge on any atom is 0.255 e. The molecular weight excluding hydrogens is 520 g/mol. The lowest BCUT2D eigenvalue weighted by Gasteiger charge is -2.32. The van der Waals surface area contributed by atoms with E-state index in [-0.39, 0.29) is 23.9 Å². The molecule has 0 radical (unpaired) electrons. The summed E-state index contributed by atoms with van der Waals surface area (Å²) in [6.45, 7) is 2.71. The molecule has 2 atom stereocenters. The van der Waals surface area contributed by atoms with Gasteiger partial charge in [-0.3, -0.25) is 14.5 Å². The molecule has 0 bridgehead atoms. The number of nitrogens with one attached hydrogen (secondary N) is 2. The Hall–Kier alpha value is -3.19. The molecule has 40 heavy (non-hydrogen) atoms. The quantitative estimate of drug-likeness (QED) is 0.314. The van der Waals surface area contributed by atoms with E-state index in [9.17, 15) is 9.59 Å². The number of hydrogen-bond acceptors (Lipinski definition) is 4. The lowest BCUT2D eigenvalue weighted by atomic mass is 9.90. The molecule has 2 fully saturated rings. The van der Waals surface area contributed by atoms with Gasteiger partial charge in [-0.15, -0.1) is 0 Å². The zero-order valence-electron chi connectivity index (χ0n) is 23.0. The van der Waals surface area contributed by atoms with E-state index in [1.54, 1.807) is 30.3 Å². The summed E-state index contributed by atoms with van der Waals surface area (Å²) in [4.78, 5) is 28.8. The van der Waals surface area contributed by atoms with Crippen molar-refractivity contribution in [2.75, 3.05) is 18.4 Å². The first kappa shape index (κ1) is 28.3. The Bertz CT molecular complexity index is 1310. The van der Waals surface area contributed by atoms with Crippen LogP contribution in [0.1, 0.15) is 70.4 Å². The molecule has 1 aliphatic heterocycles. The van der Waals surface area contributed by atoms with Crippen molar-refractivity contribution >= 4 is 29.1 Å². The summed E-state index contributed by atoms with van der Waals surface area (Å²) in [5, 5.41) is 6.69. The molecule has 1 saturated heterocycles. The highest BCUT2D eigenvalue weighted by Crippen LogP contribution is 2.27. The number of carbonyl (C=O) groups is 2. The number of nitrogens with zero attached hydrogens (tertiary/aromatic N) is 1. The van der Waals surface area contributed by atoms with Gasteiger partial charge in [0.2, 0.25) is 0 Å². The molecule has 4 N–H and O–H groups in total. The summed E-state index contributed by atoms with van der Waals surface area (Å²) >= 11 is 6.14. The number of nitrogens with two attached hydrogens (primary N) is 1. The smallest absolute Gasteiger partial charge is 0.255 e. The first-order valence-electron chi connectivity index (χ1n) is 14.5. The van der Waals surface area contributed by atoms with Crippen molar-refractivity contribution in [1.29, 1.82) is 0 Å². The number of hydrogen-bond donors (Lipinski definition) is 3. The minimum absolute atomic E-state index is 0.0243. The second-order valence-corrected chi connectivity index (χ2v) is 11.7. The number of halogens is 1. The molecule has 5 rings (SSSR count). The van der Waals surface area contributed by atoms with Gasteiger partial charge in [-0.2, -0.15) is 0 Å². The Morgan fingerprint density at radius 2 is 1.60 bits per heavy atom. The van der Waals surface area contributed by atoms with Crippen LogP contribution in [0, 0.1) is 5.92 Å². The number of benzene rings is 3. The third kappa shape index (κ3) is 7.51. The van der Waals surface area contributed by atoms with Crippen LogP contribution in [-0.4, -0.2) is 41.9 Å². The van der Waals surface area contributed by atoms with Crippen LogP contribution in [0.4, 0.5) is 5.69 Å². The average molecular weight is 559 g/mol. The predicted octanol–water partition coefficient (Wildman–Crippen LogP) is 6.05. The number of rotatable bonds is 8. The molecule has 0 aromatic heterocycles. The lowest BCUT2D eigenvalue weighted by molar-refractivity contribution is 0.0920. The van der Waals surface area contributed by atoms with Gasteiger partial charge in [-0.1, -0.05) is 66.9 Å². The van der Waals surface area contributed by atoms with Crippen molar-refractivity contribution in [2.45, 2.75) is 63.6 Å². The highest BCUT2D eigenvalue weighted by atomic mass is 35.5. The van der Waals surface area contributed by atoms with Crippen molar-refractivity contribution < 1.29 is 9.59 Å². The lowest BCUT2D eigenvalue weighted by Crippen LogP contribution is -2.49. The van der Waals surface area contributed by atoms with Crippen LogP contribution in [-0.2, 0) is 13.0 Å². The van der Waals surface area contributed by atoms with Crippen LogP contribution in [0.2, 0.25) is 5.02 Å². The summed E-state index contributed by atoms with van der Waals surface area (Å²) in [6.07, 6.45) is 7.38. The molecule has 3 aromatic rings. The number of piperidine rings is 1. The zero-order chi connectivity index (χ0) is 27.9. The van der Waals surface area contributed by atoms with Crippen LogP contribution in [0.3, 0.4) is 0 Å². The maximum atomic E-state index is 13.2. The van der Waals surface area contributed by atoms with Gasteiger partial charge in [0.05, 0.1) is 0 Å². The molecule has 6 nitrogen and oxygen atoms in total. The molecule has 7 heteroatoms. The molecule has 2 aliphatic rings. The van der Waals surface area contributed by atoms with Crippen molar-refractivity contribution in [3.8, 4) is 0 Å². The fourth-order valence-electron chi connectivity index (χ4n) is 5.92. The van der Waals surface area contributed by atoms with Gasteiger partial charge in [-0.25, -0.2) is 0 Å². The topological polar surface area (TPSA) is 87.5 Å². The molecule has 3 aromatic carbocycles. The van der Waals surface area contributed by atoms with Gasteiger partial charge >= 0.3 is 0 Å². The predicted molar refractivity (Wildman–Crippen MR) is 162 cm³/mol. The molecule has 210 valence electrons. The van der Waals surface area contributed by atoms with Crippen molar-refractivity contribution in [3.63, 3.8) is 0 Å². The fraction of sp³-hybridized carbons (Fsp3) is 0.394.